The van der Waals surface area contributed by atoms with E-state index in [9.17, 15) is 14.7 Å². The van der Waals surface area contributed by atoms with E-state index >= 15 is 0 Å². The fourth-order valence-electron chi connectivity index (χ4n) is 5.13. The maximum absolute atomic E-state index is 13.2. The maximum Gasteiger partial charge on any atom is 0.356 e. The summed E-state index contributed by atoms with van der Waals surface area (Å²) in [5.41, 5.74) is 2.70. The van der Waals surface area contributed by atoms with Crippen LogP contribution in [0.1, 0.15) is 59.7 Å². The molecule has 31 heavy (non-hydrogen) atoms. The summed E-state index contributed by atoms with van der Waals surface area (Å²) in [5, 5.41) is 13.4. The Labute approximate surface area is 184 Å². The van der Waals surface area contributed by atoms with Gasteiger partial charge in [-0.1, -0.05) is 17.7 Å². The Kier molecular flexibility index (Phi) is 4.38. The van der Waals surface area contributed by atoms with Crippen molar-refractivity contribution in [2.45, 2.75) is 44.6 Å². The molecule has 3 fully saturated rings. The first-order valence-electron chi connectivity index (χ1n) is 10.4. The number of pyridine rings is 1. The predicted molar refractivity (Wildman–Crippen MR) is 119 cm³/mol. The molecule has 2 aromatic heterocycles. The molecule has 160 valence electrons. The molecule has 3 saturated carbocycles. The molecule has 0 saturated heterocycles. The molecular formula is C23H23ClN4O3. The van der Waals surface area contributed by atoms with Gasteiger partial charge in [0, 0.05) is 18.0 Å². The minimum atomic E-state index is -1.16. The van der Waals surface area contributed by atoms with Crippen LogP contribution in [-0.2, 0) is 12.5 Å². The number of carboxylic acids is 1. The van der Waals surface area contributed by atoms with Gasteiger partial charge in [-0.3, -0.25) is 9.36 Å². The number of carbonyl (C=O) groups is 1. The van der Waals surface area contributed by atoms with E-state index in [4.69, 9.17) is 16.6 Å². The van der Waals surface area contributed by atoms with Crippen molar-refractivity contribution in [3.8, 4) is 0 Å². The van der Waals surface area contributed by atoms with Crippen LogP contribution in [0.2, 0.25) is 5.15 Å². The normalized spacial score (nSPS) is 22.5. The molecule has 1 aromatic carbocycles. The molecule has 0 radical (unpaired) electrons. The number of rotatable bonds is 5. The van der Waals surface area contributed by atoms with Gasteiger partial charge in [-0.2, -0.15) is 0 Å². The van der Waals surface area contributed by atoms with Gasteiger partial charge in [0.2, 0.25) is 0 Å². The van der Waals surface area contributed by atoms with Gasteiger partial charge < -0.3 is 10.4 Å². The molecule has 0 aliphatic heterocycles. The molecule has 3 aliphatic rings. The second kappa shape index (κ2) is 6.79. The van der Waals surface area contributed by atoms with Crippen LogP contribution in [0.5, 0.6) is 0 Å². The lowest BCUT2D eigenvalue weighted by atomic mass is 9.44. The van der Waals surface area contributed by atoms with E-state index in [1.807, 2.05) is 33.0 Å². The topological polar surface area (TPSA) is 97.1 Å². The second-order valence-electron chi connectivity index (χ2n) is 9.01. The standard InChI is InChI=1S/C23H23ClN4O3/c1-11-6-14(12(2)25-16-4-5-17(24)26-19(16)21(30)31)18-15(7-11)20(29)28(3)22(27-18)23-8-13(9-23)10-23/h4-7,12-13,25H,8-10H2,1-3H3,(H,30,31)/t12-,13?,23?/m1/s1. The average molecular weight is 439 g/mol. The monoisotopic (exact) mass is 438 g/mol. The van der Waals surface area contributed by atoms with Crippen LogP contribution in [0.25, 0.3) is 10.9 Å². The molecule has 6 rings (SSSR count). The molecule has 0 spiro atoms. The number of nitrogens with zero attached hydrogens (tertiary/aromatic N) is 3. The van der Waals surface area contributed by atoms with Gasteiger partial charge in [0.25, 0.3) is 5.56 Å². The number of aryl methyl sites for hydroxylation is 1. The third kappa shape index (κ3) is 3.02. The van der Waals surface area contributed by atoms with Gasteiger partial charge in [0.1, 0.15) is 11.0 Å². The van der Waals surface area contributed by atoms with Crippen LogP contribution in [-0.4, -0.2) is 25.6 Å². The van der Waals surface area contributed by atoms with Crippen LogP contribution >= 0.6 is 11.6 Å². The summed E-state index contributed by atoms with van der Waals surface area (Å²) in [7, 11) is 1.81. The molecule has 3 aliphatic carbocycles. The third-order valence-electron chi connectivity index (χ3n) is 6.77. The molecule has 0 amide bonds. The Morgan fingerprint density at radius 2 is 2.00 bits per heavy atom. The molecule has 2 heterocycles. The van der Waals surface area contributed by atoms with E-state index in [0.29, 0.717) is 16.6 Å². The quantitative estimate of drug-likeness (QED) is 0.579. The molecule has 0 unspecified atom stereocenters. The van der Waals surface area contributed by atoms with E-state index in [1.54, 1.807) is 16.7 Å². The maximum atomic E-state index is 13.2. The number of aromatic carboxylic acids is 1. The number of carboxylic acid groups (broad SMARTS) is 1. The fourth-order valence-corrected chi connectivity index (χ4v) is 5.28. The first kappa shape index (κ1) is 20.0. The van der Waals surface area contributed by atoms with Crippen molar-refractivity contribution in [2.75, 3.05) is 5.32 Å². The Hall–Kier alpha value is -2.93. The second-order valence-corrected chi connectivity index (χ2v) is 9.40. The van der Waals surface area contributed by atoms with Crippen molar-refractivity contribution in [1.29, 1.82) is 0 Å². The number of hydrogen-bond donors (Lipinski definition) is 2. The number of aromatic nitrogens is 3. The summed E-state index contributed by atoms with van der Waals surface area (Å²) in [6.45, 7) is 3.87. The minimum absolute atomic E-state index is 0.0405. The van der Waals surface area contributed by atoms with Crippen molar-refractivity contribution in [3.05, 3.63) is 62.4 Å². The molecule has 3 aromatic rings. The largest absolute Gasteiger partial charge is 0.476 e. The number of halogens is 1. The highest BCUT2D eigenvalue weighted by molar-refractivity contribution is 6.29. The van der Waals surface area contributed by atoms with E-state index in [0.717, 1.165) is 42.1 Å². The van der Waals surface area contributed by atoms with Gasteiger partial charge >= 0.3 is 5.97 Å². The minimum Gasteiger partial charge on any atom is -0.476 e. The number of hydrogen-bond acceptors (Lipinski definition) is 5. The zero-order valence-electron chi connectivity index (χ0n) is 17.6. The Balaban J connectivity index is 1.63. The SMILES string of the molecule is Cc1cc([C@@H](C)Nc2ccc(Cl)nc2C(=O)O)c2nc(C34CC(C3)C4)n(C)c(=O)c2c1. The number of fused-ring (bicyclic) bond motifs is 1. The van der Waals surface area contributed by atoms with Crippen molar-refractivity contribution < 1.29 is 9.90 Å². The average Bonchev–Trinajstić information content (AvgIpc) is 2.64. The van der Waals surface area contributed by atoms with Crippen molar-refractivity contribution in [3.63, 3.8) is 0 Å². The van der Waals surface area contributed by atoms with Crippen LogP contribution in [0.15, 0.2) is 29.1 Å². The highest BCUT2D eigenvalue weighted by atomic mass is 35.5. The Morgan fingerprint density at radius 1 is 1.29 bits per heavy atom. The number of benzene rings is 1. The summed E-state index contributed by atoms with van der Waals surface area (Å²) in [6, 6.07) is 6.73. The lowest BCUT2D eigenvalue weighted by molar-refractivity contribution is -0.0373. The zero-order valence-corrected chi connectivity index (χ0v) is 18.3. The van der Waals surface area contributed by atoms with Crippen molar-refractivity contribution in [1.82, 2.24) is 14.5 Å². The smallest absolute Gasteiger partial charge is 0.356 e. The van der Waals surface area contributed by atoms with E-state index in [1.165, 1.54) is 0 Å². The summed E-state index contributed by atoms with van der Waals surface area (Å²) in [4.78, 5) is 33.8. The first-order chi connectivity index (χ1) is 14.7. The third-order valence-corrected chi connectivity index (χ3v) is 6.98. The van der Waals surface area contributed by atoms with E-state index in [-0.39, 0.29) is 27.9 Å². The first-order valence-corrected chi connectivity index (χ1v) is 10.7. The molecule has 8 heteroatoms. The van der Waals surface area contributed by atoms with Gasteiger partial charge in [0.05, 0.1) is 22.6 Å². The lowest BCUT2D eigenvalue weighted by Gasteiger charge is -2.61. The summed E-state index contributed by atoms with van der Waals surface area (Å²) in [6.07, 6.45) is 3.31. The highest BCUT2D eigenvalue weighted by Crippen LogP contribution is 2.64. The summed E-state index contributed by atoms with van der Waals surface area (Å²) in [5.74, 6) is 0.478. The van der Waals surface area contributed by atoms with E-state index < -0.39 is 5.97 Å². The van der Waals surface area contributed by atoms with Gasteiger partial charge in [0.15, 0.2) is 5.69 Å². The van der Waals surface area contributed by atoms with Gasteiger partial charge in [-0.05, 0) is 62.8 Å². The lowest BCUT2D eigenvalue weighted by Crippen LogP contribution is -2.57. The Bertz CT molecular complexity index is 1300. The fraction of sp³-hybridized carbons (Fsp3) is 0.391. The molecule has 2 bridgehead atoms. The number of anilines is 1. The summed E-state index contributed by atoms with van der Waals surface area (Å²) < 4.78 is 1.71. The molecule has 2 N–H and O–H groups in total. The van der Waals surface area contributed by atoms with Crippen LogP contribution < -0.4 is 10.9 Å². The predicted octanol–water partition coefficient (Wildman–Crippen LogP) is 4.21. The van der Waals surface area contributed by atoms with Crippen molar-refractivity contribution >= 4 is 34.2 Å². The summed E-state index contributed by atoms with van der Waals surface area (Å²) >= 11 is 5.88. The van der Waals surface area contributed by atoms with Crippen LogP contribution in [0, 0.1) is 12.8 Å². The van der Waals surface area contributed by atoms with E-state index in [2.05, 4.69) is 10.3 Å². The molecular weight excluding hydrogens is 416 g/mol. The van der Waals surface area contributed by atoms with Crippen LogP contribution in [0.4, 0.5) is 5.69 Å². The van der Waals surface area contributed by atoms with Gasteiger partial charge in [-0.15, -0.1) is 0 Å². The van der Waals surface area contributed by atoms with Gasteiger partial charge in [-0.25, -0.2) is 14.8 Å². The van der Waals surface area contributed by atoms with Crippen LogP contribution in [0.3, 0.4) is 0 Å². The Morgan fingerprint density at radius 3 is 2.61 bits per heavy atom. The highest BCUT2D eigenvalue weighted by Gasteiger charge is 2.59. The molecule has 1 atom stereocenters. The zero-order chi connectivity index (χ0) is 22.1. The number of nitrogens with one attached hydrogen (secondary N) is 1. The van der Waals surface area contributed by atoms with Crippen molar-refractivity contribution in [2.24, 2.45) is 13.0 Å². The molecule has 7 nitrogen and oxygen atoms in total.